The van der Waals surface area contributed by atoms with Crippen LogP contribution in [0, 0.1) is 6.92 Å². The summed E-state index contributed by atoms with van der Waals surface area (Å²) in [5.41, 5.74) is 9.44. The quantitative estimate of drug-likeness (QED) is 0.356. The molecular formula is C20H22IN3. The fourth-order valence-electron chi connectivity index (χ4n) is 2.63. The van der Waals surface area contributed by atoms with Gasteiger partial charge in [-0.1, -0.05) is 60.2 Å². The number of nitrogens with one attached hydrogen (secondary N) is 1. The maximum absolute atomic E-state index is 5.96. The molecule has 0 fully saturated rings. The summed E-state index contributed by atoms with van der Waals surface area (Å²) in [4.78, 5) is 4.43. The SMILES string of the molecule is Cc1ccc(NC(N)=NCCc2cccc3ccccc23)cc1.I. The highest BCUT2D eigenvalue weighted by atomic mass is 127. The van der Waals surface area contributed by atoms with Crippen LogP contribution in [0.3, 0.4) is 0 Å². The number of hydrogen-bond acceptors (Lipinski definition) is 1. The number of guanidine groups is 1. The number of fused-ring (bicyclic) bond motifs is 1. The van der Waals surface area contributed by atoms with Crippen LogP contribution < -0.4 is 11.1 Å². The maximum atomic E-state index is 5.96. The number of aryl methyl sites for hydroxylation is 1. The van der Waals surface area contributed by atoms with Crippen LogP contribution >= 0.6 is 24.0 Å². The van der Waals surface area contributed by atoms with Crippen molar-refractivity contribution in [3.8, 4) is 0 Å². The van der Waals surface area contributed by atoms with E-state index in [9.17, 15) is 0 Å². The van der Waals surface area contributed by atoms with Gasteiger partial charge in [-0.3, -0.25) is 4.99 Å². The highest BCUT2D eigenvalue weighted by molar-refractivity contribution is 14.0. The molecule has 0 aromatic heterocycles. The monoisotopic (exact) mass is 431 g/mol. The Morgan fingerprint density at radius 1 is 0.958 bits per heavy atom. The molecule has 0 aliphatic carbocycles. The lowest BCUT2D eigenvalue weighted by Gasteiger charge is -2.07. The summed E-state index contributed by atoms with van der Waals surface area (Å²) < 4.78 is 0. The minimum absolute atomic E-state index is 0. The first-order valence-electron chi connectivity index (χ1n) is 7.82. The summed E-state index contributed by atoms with van der Waals surface area (Å²) in [5.74, 6) is 0.453. The van der Waals surface area contributed by atoms with Gasteiger partial charge in [0.05, 0.1) is 0 Å². The van der Waals surface area contributed by atoms with Gasteiger partial charge < -0.3 is 11.1 Å². The number of anilines is 1. The van der Waals surface area contributed by atoms with E-state index in [4.69, 9.17) is 5.73 Å². The molecule has 3 N–H and O–H groups in total. The Morgan fingerprint density at radius 2 is 1.67 bits per heavy atom. The van der Waals surface area contributed by atoms with E-state index in [0.29, 0.717) is 12.5 Å². The van der Waals surface area contributed by atoms with E-state index >= 15 is 0 Å². The zero-order valence-corrected chi connectivity index (χ0v) is 16.0. The fourth-order valence-corrected chi connectivity index (χ4v) is 2.63. The molecule has 0 aliphatic heterocycles. The molecule has 0 saturated carbocycles. The van der Waals surface area contributed by atoms with Crippen molar-refractivity contribution in [2.45, 2.75) is 13.3 Å². The molecule has 0 aliphatic rings. The van der Waals surface area contributed by atoms with E-state index in [1.807, 2.05) is 24.3 Å². The van der Waals surface area contributed by atoms with E-state index in [-0.39, 0.29) is 24.0 Å². The Morgan fingerprint density at radius 3 is 2.46 bits per heavy atom. The van der Waals surface area contributed by atoms with E-state index in [1.54, 1.807) is 0 Å². The Kier molecular flexibility index (Phi) is 6.61. The molecule has 3 aromatic rings. The van der Waals surface area contributed by atoms with Gasteiger partial charge in [0.15, 0.2) is 5.96 Å². The molecule has 3 aromatic carbocycles. The Bertz CT molecular complexity index is 820. The van der Waals surface area contributed by atoms with Crippen LogP contribution in [0.1, 0.15) is 11.1 Å². The smallest absolute Gasteiger partial charge is 0.193 e. The zero-order chi connectivity index (χ0) is 16.1. The van der Waals surface area contributed by atoms with Gasteiger partial charge in [-0.15, -0.1) is 24.0 Å². The summed E-state index contributed by atoms with van der Waals surface area (Å²) in [6.45, 7) is 2.73. The molecular weight excluding hydrogens is 409 g/mol. The van der Waals surface area contributed by atoms with Crippen LogP contribution in [0.15, 0.2) is 71.7 Å². The molecule has 0 bridgehead atoms. The van der Waals surface area contributed by atoms with Gasteiger partial charge in [-0.05, 0) is 41.8 Å². The standard InChI is InChI=1S/C20H21N3.HI/c1-15-9-11-18(12-10-15)23-20(21)22-14-13-17-7-4-6-16-5-2-3-8-19(16)17;/h2-12H,13-14H2,1H3,(H3,21,22,23);1H. The van der Waals surface area contributed by atoms with Crippen LogP contribution in [0.25, 0.3) is 10.8 Å². The predicted molar refractivity (Wildman–Crippen MR) is 114 cm³/mol. The maximum Gasteiger partial charge on any atom is 0.193 e. The molecule has 0 atom stereocenters. The molecule has 0 unspecified atom stereocenters. The highest BCUT2D eigenvalue weighted by Gasteiger charge is 2.00. The van der Waals surface area contributed by atoms with Crippen LogP contribution in [0.4, 0.5) is 5.69 Å². The van der Waals surface area contributed by atoms with E-state index in [1.165, 1.54) is 21.9 Å². The van der Waals surface area contributed by atoms with Crippen LogP contribution in [-0.2, 0) is 6.42 Å². The molecule has 124 valence electrons. The van der Waals surface area contributed by atoms with E-state index < -0.39 is 0 Å². The van der Waals surface area contributed by atoms with Crippen LogP contribution in [-0.4, -0.2) is 12.5 Å². The summed E-state index contributed by atoms with van der Waals surface area (Å²) in [6, 6.07) is 22.9. The highest BCUT2D eigenvalue weighted by Crippen LogP contribution is 2.18. The summed E-state index contributed by atoms with van der Waals surface area (Å²) in [6.07, 6.45) is 0.873. The molecule has 0 heterocycles. The summed E-state index contributed by atoms with van der Waals surface area (Å²) in [5, 5.41) is 5.67. The van der Waals surface area contributed by atoms with Gasteiger partial charge in [0.2, 0.25) is 0 Å². The normalized spacial score (nSPS) is 11.1. The molecule has 0 radical (unpaired) electrons. The first-order chi connectivity index (χ1) is 11.2. The molecule has 3 nitrogen and oxygen atoms in total. The van der Waals surface area contributed by atoms with E-state index in [0.717, 1.165) is 12.1 Å². The molecule has 0 saturated heterocycles. The summed E-state index contributed by atoms with van der Waals surface area (Å²) in [7, 11) is 0. The third kappa shape index (κ3) is 4.71. The van der Waals surface area contributed by atoms with Gasteiger partial charge in [0.1, 0.15) is 0 Å². The van der Waals surface area contributed by atoms with Gasteiger partial charge in [-0.25, -0.2) is 0 Å². The van der Waals surface area contributed by atoms with Crippen molar-refractivity contribution in [2.75, 3.05) is 11.9 Å². The number of hydrogen-bond donors (Lipinski definition) is 2. The van der Waals surface area contributed by atoms with E-state index in [2.05, 4.69) is 59.7 Å². The Balaban J connectivity index is 0.00000208. The number of rotatable bonds is 4. The average Bonchev–Trinajstić information content (AvgIpc) is 2.57. The van der Waals surface area contributed by atoms with Gasteiger partial charge in [0, 0.05) is 12.2 Å². The van der Waals surface area contributed by atoms with Gasteiger partial charge >= 0.3 is 0 Å². The predicted octanol–water partition coefficient (Wildman–Crippen LogP) is 4.74. The van der Waals surface area contributed by atoms with Crippen molar-refractivity contribution in [1.29, 1.82) is 0 Å². The minimum atomic E-state index is 0. The zero-order valence-electron chi connectivity index (χ0n) is 13.7. The number of benzene rings is 3. The summed E-state index contributed by atoms with van der Waals surface area (Å²) >= 11 is 0. The van der Waals surface area contributed by atoms with Crippen molar-refractivity contribution in [3.05, 3.63) is 77.9 Å². The lowest BCUT2D eigenvalue weighted by molar-refractivity contribution is 0.973. The molecule has 24 heavy (non-hydrogen) atoms. The van der Waals surface area contributed by atoms with Crippen molar-refractivity contribution in [3.63, 3.8) is 0 Å². The van der Waals surface area contributed by atoms with Crippen molar-refractivity contribution >= 4 is 46.4 Å². The average molecular weight is 431 g/mol. The van der Waals surface area contributed by atoms with Crippen molar-refractivity contribution < 1.29 is 0 Å². The largest absolute Gasteiger partial charge is 0.370 e. The first-order valence-corrected chi connectivity index (χ1v) is 7.82. The number of nitrogens with two attached hydrogens (primary N) is 1. The van der Waals surface area contributed by atoms with Crippen molar-refractivity contribution in [2.24, 2.45) is 10.7 Å². The number of halogens is 1. The number of aliphatic imine (C=N–C) groups is 1. The second-order valence-corrected chi connectivity index (χ2v) is 5.65. The topological polar surface area (TPSA) is 50.4 Å². The van der Waals surface area contributed by atoms with Gasteiger partial charge in [-0.2, -0.15) is 0 Å². The van der Waals surface area contributed by atoms with Crippen LogP contribution in [0.5, 0.6) is 0 Å². The second-order valence-electron chi connectivity index (χ2n) is 5.65. The van der Waals surface area contributed by atoms with Crippen molar-refractivity contribution in [1.82, 2.24) is 0 Å². The van der Waals surface area contributed by atoms with Gasteiger partial charge in [0.25, 0.3) is 0 Å². The first kappa shape index (κ1) is 18.3. The lowest BCUT2D eigenvalue weighted by Crippen LogP contribution is -2.23. The molecule has 4 heteroatoms. The molecule has 3 rings (SSSR count). The molecule has 0 spiro atoms. The third-order valence-electron chi connectivity index (χ3n) is 3.87. The Hall–Kier alpha value is -2.08. The second kappa shape index (κ2) is 8.68. The lowest BCUT2D eigenvalue weighted by atomic mass is 10.0. The fraction of sp³-hybridized carbons (Fsp3) is 0.150. The minimum Gasteiger partial charge on any atom is -0.370 e. The Labute approximate surface area is 160 Å². The number of nitrogens with zero attached hydrogens (tertiary/aromatic N) is 1. The van der Waals surface area contributed by atoms with Crippen LogP contribution in [0.2, 0.25) is 0 Å². The molecule has 0 amide bonds. The third-order valence-corrected chi connectivity index (χ3v) is 3.87.